The lowest BCUT2D eigenvalue weighted by atomic mass is 10.1. The quantitative estimate of drug-likeness (QED) is 0.791. The Morgan fingerprint density at radius 2 is 2.27 bits per heavy atom. The minimum Gasteiger partial charge on any atom is -0.378 e. The van der Waals surface area contributed by atoms with E-state index in [1.165, 1.54) is 0 Å². The molecule has 0 aliphatic carbocycles. The van der Waals surface area contributed by atoms with Crippen molar-refractivity contribution in [1.29, 1.82) is 5.26 Å². The maximum absolute atomic E-state index is 8.88. The summed E-state index contributed by atoms with van der Waals surface area (Å²) in [6.45, 7) is 0.628. The summed E-state index contributed by atoms with van der Waals surface area (Å²) < 4.78 is 0. The number of benzene rings is 1. The van der Waals surface area contributed by atoms with Crippen LogP contribution < -0.4 is 5.32 Å². The molecule has 0 aliphatic rings. The minimum atomic E-state index is 0.628. The van der Waals surface area contributed by atoms with Crippen molar-refractivity contribution in [2.24, 2.45) is 0 Å². The Bertz CT molecular complexity index is 468. The van der Waals surface area contributed by atoms with Crippen LogP contribution in [0.1, 0.15) is 11.1 Å². The summed E-state index contributed by atoms with van der Waals surface area (Å²) in [6, 6.07) is 9.70. The van der Waals surface area contributed by atoms with Crippen LogP contribution in [0.4, 0.5) is 5.69 Å². The van der Waals surface area contributed by atoms with Gasteiger partial charge < -0.3 is 5.32 Å². The van der Waals surface area contributed by atoms with Crippen LogP contribution in [0.3, 0.4) is 0 Å². The highest BCUT2D eigenvalue weighted by Gasteiger charge is 2.00. The molecule has 15 heavy (non-hydrogen) atoms. The highest BCUT2D eigenvalue weighted by Crippen LogP contribution is 2.10. The first-order valence-corrected chi connectivity index (χ1v) is 4.61. The zero-order valence-corrected chi connectivity index (χ0v) is 8.07. The van der Waals surface area contributed by atoms with E-state index in [1.807, 2.05) is 24.3 Å². The maximum Gasteiger partial charge on any atom is 0.0995 e. The van der Waals surface area contributed by atoms with Crippen LogP contribution in [-0.2, 0) is 6.54 Å². The number of aromatic nitrogens is 2. The largest absolute Gasteiger partial charge is 0.378 e. The SMILES string of the molecule is N#Cc1ccccc1CNc1cn[nH]c1. The van der Waals surface area contributed by atoms with Crippen molar-refractivity contribution >= 4 is 5.69 Å². The molecule has 0 saturated heterocycles. The number of anilines is 1. The van der Waals surface area contributed by atoms with Crippen LogP contribution in [0.15, 0.2) is 36.7 Å². The molecule has 0 radical (unpaired) electrons. The zero-order valence-electron chi connectivity index (χ0n) is 8.07. The topological polar surface area (TPSA) is 64.5 Å². The fourth-order valence-electron chi connectivity index (χ4n) is 1.33. The van der Waals surface area contributed by atoms with Crippen molar-refractivity contribution in [3.63, 3.8) is 0 Å². The number of H-pyrrole nitrogens is 1. The van der Waals surface area contributed by atoms with E-state index in [1.54, 1.807) is 12.4 Å². The molecule has 74 valence electrons. The fraction of sp³-hybridized carbons (Fsp3) is 0.0909. The number of nitrogens with one attached hydrogen (secondary N) is 2. The molecule has 0 amide bonds. The molecule has 4 nitrogen and oxygen atoms in total. The Balaban J connectivity index is 2.08. The number of nitrogens with zero attached hydrogens (tertiary/aromatic N) is 2. The summed E-state index contributed by atoms with van der Waals surface area (Å²) in [5, 5.41) is 18.6. The smallest absolute Gasteiger partial charge is 0.0995 e. The molecular weight excluding hydrogens is 188 g/mol. The van der Waals surface area contributed by atoms with E-state index in [0.29, 0.717) is 12.1 Å². The summed E-state index contributed by atoms with van der Waals surface area (Å²) in [5.41, 5.74) is 2.61. The first kappa shape index (κ1) is 9.28. The lowest BCUT2D eigenvalue weighted by molar-refractivity contribution is 1.09. The average molecular weight is 198 g/mol. The van der Waals surface area contributed by atoms with E-state index >= 15 is 0 Å². The Labute approximate surface area is 87.6 Å². The van der Waals surface area contributed by atoms with Crippen molar-refractivity contribution in [3.05, 3.63) is 47.8 Å². The molecule has 2 aromatic rings. The first-order chi connectivity index (χ1) is 7.40. The molecule has 4 heteroatoms. The standard InChI is InChI=1S/C11H10N4/c12-5-9-3-1-2-4-10(9)6-13-11-7-14-15-8-11/h1-4,7-8,13H,6H2,(H,14,15). The van der Waals surface area contributed by atoms with Gasteiger partial charge in [-0.15, -0.1) is 0 Å². The monoisotopic (exact) mass is 198 g/mol. The van der Waals surface area contributed by atoms with Gasteiger partial charge in [0.25, 0.3) is 0 Å². The summed E-state index contributed by atoms with van der Waals surface area (Å²) in [4.78, 5) is 0. The normalized spacial score (nSPS) is 9.53. The van der Waals surface area contributed by atoms with E-state index in [2.05, 4.69) is 21.6 Å². The third kappa shape index (κ3) is 2.15. The molecule has 1 heterocycles. The van der Waals surface area contributed by atoms with Gasteiger partial charge in [-0.2, -0.15) is 10.4 Å². The summed E-state index contributed by atoms with van der Waals surface area (Å²) in [7, 11) is 0. The maximum atomic E-state index is 8.88. The van der Waals surface area contributed by atoms with Gasteiger partial charge in [-0.25, -0.2) is 0 Å². The van der Waals surface area contributed by atoms with Crippen LogP contribution in [0.25, 0.3) is 0 Å². The van der Waals surface area contributed by atoms with Gasteiger partial charge in [0.1, 0.15) is 0 Å². The molecule has 0 spiro atoms. The summed E-state index contributed by atoms with van der Waals surface area (Å²) >= 11 is 0. The predicted octanol–water partition coefficient (Wildman–Crippen LogP) is 1.89. The van der Waals surface area contributed by atoms with Crippen LogP contribution in [-0.4, -0.2) is 10.2 Å². The zero-order chi connectivity index (χ0) is 10.5. The van der Waals surface area contributed by atoms with Crippen LogP contribution in [0.5, 0.6) is 0 Å². The van der Waals surface area contributed by atoms with E-state index in [-0.39, 0.29) is 0 Å². The lowest BCUT2D eigenvalue weighted by Gasteiger charge is -2.04. The second-order valence-corrected chi connectivity index (χ2v) is 3.11. The minimum absolute atomic E-state index is 0.628. The predicted molar refractivity (Wildman–Crippen MR) is 57.1 cm³/mol. The van der Waals surface area contributed by atoms with E-state index in [0.717, 1.165) is 11.3 Å². The van der Waals surface area contributed by atoms with Crippen molar-refractivity contribution in [2.75, 3.05) is 5.32 Å². The number of nitriles is 1. The van der Waals surface area contributed by atoms with Crippen molar-refractivity contribution in [2.45, 2.75) is 6.54 Å². The van der Waals surface area contributed by atoms with Gasteiger partial charge in [-0.05, 0) is 11.6 Å². The van der Waals surface area contributed by atoms with Crippen molar-refractivity contribution in [3.8, 4) is 6.07 Å². The molecule has 0 aliphatic heterocycles. The molecule has 0 atom stereocenters. The molecule has 0 bridgehead atoms. The highest BCUT2D eigenvalue weighted by atomic mass is 15.1. The second kappa shape index (κ2) is 4.29. The highest BCUT2D eigenvalue weighted by molar-refractivity contribution is 5.43. The van der Waals surface area contributed by atoms with Gasteiger partial charge in [0.2, 0.25) is 0 Å². The third-order valence-corrected chi connectivity index (χ3v) is 2.12. The lowest BCUT2D eigenvalue weighted by Crippen LogP contribution is -2.00. The number of hydrogen-bond donors (Lipinski definition) is 2. The number of hydrogen-bond acceptors (Lipinski definition) is 3. The summed E-state index contributed by atoms with van der Waals surface area (Å²) in [6.07, 6.45) is 3.48. The van der Waals surface area contributed by atoms with E-state index in [9.17, 15) is 0 Å². The van der Waals surface area contributed by atoms with Gasteiger partial charge in [0, 0.05) is 12.7 Å². The molecule has 2 rings (SSSR count). The fourth-order valence-corrected chi connectivity index (χ4v) is 1.33. The molecule has 0 saturated carbocycles. The Morgan fingerprint density at radius 3 is 3.00 bits per heavy atom. The molecule has 0 fully saturated rings. The Hall–Kier alpha value is -2.28. The molecule has 2 N–H and O–H groups in total. The van der Waals surface area contributed by atoms with Crippen molar-refractivity contribution in [1.82, 2.24) is 10.2 Å². The van der Waals surface area contributed by atoms with Gasteiger partial charge in [-0.3, -0.25) is 5.10 Å². The molecule has 0 unspecified atom stereocenters. The Kier molecular flexibility index (Phi) is 2.65. The van der Waals surface area contributed by atoms with E-state index < -0.39 is 0 Å². The second-order valence-electron chi connectivity index (χ2n) is 3.11. The Morgan fingerprint density at radius 1 is 1.40 bits per heavy atom. The number of aromatic amines is 1. The molecular formula is C11H10N4. The van der Waals surface area contributed by atoms with Crippen molar-refractivity contribution < 1.29 is 0 Å². The van der Waals surface area contributed by atoms with Crippen LogP contribution in [0, 0.1) is 11.3 Å². The number of rotatable bonds is 3. The van der Waals surface area contributed by atoms with Crippen LogP contribution >= 0.6 is 0 Å². The summed E-state index contributed by atoms with van der Waals surface area (Å²) in [5.74, 6) is 0. The van der Waals surface area contributed by atoms with E-state index in [4.69, 9.17) is 5.26 Å². The third-order valence-electron chi connectivity index (χ3n) is 2.12. The van der Waals surface area contributed by atoms with Gasteiger partial charge in [0.15, 0.2) is 0 Å². The van der Waals surface area contributed by atoms with Gasteiger partial charge >= 0.3 is 0 Å². The van der Waals surface area contributed by atoms with Gasteiger partial charge in [0.05, 0.1) is 23.5 Å². The first-order valence-electron chi connectivity index (χ1n) is 4.61. The average Bonchev–Trinajstić information content (AvgIpc) is 2.79. The van der Waals surface area contributed by atoms with Crippen LogP contribution in [0.2, 0.25) is 0 Å². The van der Waals surface area contributed by atoms with Gasteiger partial charge in [-0.1, -0.05) is 18.2 Å². The molecule has 1 aromatic carbocycles. The molecule has 1 aromatic heterocycles.